The Bertz CT molecular complexity index is 603. The molecule has 2 aromatic rings. The van der Waals surface area contributed by atoms with Crippen LogP contribution in [0.5, 0.6) is 5.75 Å². The van der Waals surface area contributed by atoms with Gasteiger partial charge in [0.05, 0.1) is 6.10 Å². The van der Waals surface area contributed by atoms with Gasteiger partial charge in [0.15, 0.2) is 5.78 Å². The first-order chi connectivity index (χ1) is 10.0. The number of rotatable bonds is 6. The zero-order valence-electron chi connectivity index (χ0n) is 12.5. The van der Waals surface area contributed by atoms with Crippen LogP contribution < -0.4 is 10.5 Å². The number of carbonyl (C=O) groups excluding carboxylic acids is 1. The van der Waals surface area contributed by atoms with Crippen molar-refractivity contribution in [3.05, 3.63) is 59.7 Å². The van der Waals surface area contributed by atoms with Crippen LogP contribution in [0.1, 0.15) is 36.2 Å². The van der Waals surface area contributed by atoms with Crippen molar-refractivity contribution in [1.82, 2.24) is 0 Å². The standard InChI is InChI=1S/C18H21NO2/c1-13(2)21-17-9-7-15(8-10-17)18(20)11-6-14-4-3-5-16(19)12-14/h3-5,7-10,12-13H,6,11,19H2,1-2H3. The summed E-state index contributed by atoms with van der Waals surface area (Å²) in [6, 6.07) is 15.0. The molecule has 0 heterocycles. The number of ketones is 1. The molecule has 0 aliphatic carbocycles. The van der Waals surface area contributed by atoms with E-state index in [4.69, 9.17) is 10.5 Å². The number of benzene rings is 2. The van der Waals surface area contributed by atoms with Crippen molar-refractivity contribution in [2.75, 3.05) is 5.73 Å². The van der Waals surface area contributed by atoms with Crippen LogP contribution in [0.2, 0.25) is 0 Å². The number of nitrogen functional groups attached to an aromatic ring is 1. The average Bonchev–Trinajstić information content (AvgIpc) is 2.45. The number of Topliss-reactive ketones (excluding diaryl/α,β-unsaturated/α-hetero) is 1. The van der Waals surface area contributed by atoms with Crippen LogP contribution >= 0.6 is 0 Å². The molecule has 0 saturated carbocycles. The van der Waals surface area contributed by atoms with E-state index in [9.17, 15) is 4.79 Å². The SMILES string of the molecule is CC(C)Oc1ccc(C(=O)CCc2cccc(N)c2)cc1. The minimum absolute atomic E-state index is 0.133. The van der Waals surface area contributed by atoms with E-state index in [1.165, 1.54) is 0 Å². The molecule has 0 saturated heterocycles. The van der Waals surface area contributed by atoms with Crippen LogP contribution in [0, 0.1) is 0 Å². The van der Waals surface area contributed by atoms with Crippen LogP contribution in [0.25, 0.3) is 0 Å². The van der Waals surface area contributed by atoms with Gasteiger partial charge in [0.2, 0.25) is 0 Å². The molecule has 110 valence electrons. The van der Waals surface area contributed by atoms with E-state index in [0.717, 1.165) is 22.6 Å². The molecule has 2 N–H and O–H groups in total. The maximum Gasteiger partial charge on any atom is 0.163 e. The Labute approximate surface area is 125 Å². The highest BCUT2D eigenvalue weighted by Gasteiger charge is 2.07. The van der Waals surface area contributed by atoms with Gasteiger partial charge in [-0.05, 0) is 62.2 Å². The Morgan fingerprint density at radius 1 is 1.14 bits per heavy atom. The molecule has 0 fully saturated rings. The molecule has 0 bridgehead atoms. The molecule has 0 aromatic heterocycles. The first-order valence-corrected chi connectivity index (χ1v) is 7.19. The zero-order chi connectivity index (χ0) is 15.2. The second-order valence-corrected chi connectivity index (χ2v) is 5.36. The lowest BCUT2D eigenvalue weighted by Gasteiger charge is -2.09. The molecule has 0 aliphatic rings. The summed E-state index contributed by atoms with van der Waals surface area (Å²) < 4.78 is 5.57. The molecule has 2 rings (SSSR count). The van der Waals surface area contributed by atoms with Crippen molar-refractivity contribution in [1.29, 1.82) is 0 Å². The predicted molar refractivity (Wildman–Crippen MR) is 85.7 cm³/mol. The Morgan fingerprint density at radius 3 is 2.48 bits per heavy atom. The third kappa shape index (κ3) is 4.63. The number of ether oxygens (including phenoxy) is 1. The minimum atomic E-state index is 0.133. The summed E-state index contributed by atoms with van der Waals surface area (Å²) >= 11 is 0. The summed E-state index contributed by atoms with van der Waals surface area (Å²) in [5.41, 5.74) is 8.27. The van der Waals surface area contributed by atoms with Gasteiger partial charge in [-0.2, -0.15) is 0 Å². The van der Waals surface area contributed by atoms with E-state index in [1.807, 2.05) is 62.4 Å². The Morgan fingerprint density at radius 2 is 1.86 bits per heavy atom. The second-order valence-electron chi connectivity index (χ2n) is 5.36. The summed E-state index contributed by atoms with van der Waals surface area (Å²) in [6.07, 6.45) is 1.32. The number of anilines is 1. The zero-order valence-corrected chi connectivity index (χ0v) is 12.5. The second kappa shape index (κ2) is 6.93. The fourth-order valence-electron chi connectivity index (χ4n) is 2.14. The lowest BCUT2D eigenvalue weighted by molar-refractivity contribution is 0.0983. The maximum atomic E-state index is 12.2. The van der Waals surface area contributed by atoms with Crippen LogP contribution in [-0.4, -0.2) is 11.9 Å². The van der Waals surface area contributed by atoms with Gasteiger partial charge in [-0.15, -0.1) is 0 Å². The Hall–Kier alpha value is -2.29. The van der Waals surface area contributed by atoms with Crippen molar-refractivity contribution in [2.45, 2.75) is 32.8 Å². The topological polar surface area (TPSA) is 52.3 Å². The molecule has 0 amide bonds. The lowest BCUT2D eigenvalue weighted by atomic mass is 10.0. The van der Waals surface area contributed by atoms with Gasteiger partial charge < -0.3 is 10.5 Å². The third-order valence-electron chi connectivity index (χ3n) is 3.14. The summed E-state index contributed by atoms with van der Waals surface area (Å²) in [4.78, 5) is 12.2. The van der Waals surface area contributed by atoms with Crippen LogP contribution in [0.4, 0.5) is 5.69 Å². The van der Waals surface area contributed by atoms with Crippen molar-refractivity contribution in [2.24, 2.45) is 0 Å². The van der Waals surface area contributed by atoms with Crippen molar-refractivity contribution < 1.29 is 9.53 Å². The monoisotopic (exact) mass is 283 g/mol. The summed E-state index contributed by atoms with van der Waals surface area (Å²) in [5, 5.41) is 0. The highest BCUT2D eigenvalue weighted by molar-refractivity contribution is 5.96. The van der Waals surface area contributed by atoms with Gasteiger partial charge in [0, 0.05) is 17.7 Å². The molecular formula is C18H21NO2. The fraction of sp³-hybridized carbons (Fsp3) is 0.278. The molecule has 21 heavy (non-hydrogen) atoms. The molecule has 3 heteroatoms. The van der Waals surface area contributed by atoms with Gasteiger partial charge in [-0.3, -0.25) is 4.79 Å². The molecule has 0 aliphatic heterocycles. The number of hydrogen-bond acceptors (Lipinski definition) is 3. The van der Waals surface area contributed by atoms with Crippen LogP contribution in [-0.2, 0) is 6.42 Å². The average molecular weight is 283 g/mol. The molecule has 0 radical (unpaired) electrons. The molecule has 0 unspecified atom stereocenters. The van der Waals surface area contributed by atoms with E-state index in [-0.39, 0.29) is 11.9 Å². The van der Waals surface area contributed by atoms with Gasteiger partial charge in [-0.1, -0.05) is 12.1 Å². The molecule has 0 spiro atoms. The van der Waals surface area contributed by atoms with Crippen molar-refractivity contribution in [3.8, 4) is 5.75 Å². The van der Waals surface area contributed by atoms with Crippen molar-refractivity contribution >= 4 is 11.5 Å². The molecule has 3 nitrogen and oxygen atoms in total. The molecular weight excluding hydrogens is 262 g/mol. The fourth-order valence-corrected chi connectivity index (χ4v) is 2.14. The minimum Gasteiger partial charge on any atom is -0.491 e. The number of carbonyl (C=O) groups is 1. The summed E-state index contributed by atoms with van der Waals surface area (Å²) in [6.45, 7) is 3.95. The number of hydrogen-bond donors (Lipinski definition) is 1. The smallest absolute Gasteiger partial charge is 0.163 e. The Balaban J connectivity index is 1.94. The van der Waals surface area contributed by atoms with E-state index >= 15 is 0 Å². The molecule has 0 atom stereocenters. The van der Waals surface area contributed by atoms with Crippen molar-refractivity contribution in [3.63, 3.8) is 0 Å². The summed E-state index contributed by atoms with van der Waals surface area (Å²) in [5.74, 6) is 0.922. The first kappa shape index (κ1) is 15.1. The lowest BCUT2D eigenvalue weighted by Crippen LogP contribution is -2.06. The van der Waals surface area contributed by atoms with Crippen LogP contribution in [0.3, 0.4) is 0 Å². The highest BCUT2D eigenvalue weighted by atomic mass is 16.5. The summed E-state index contributed by atoms with van der Waals surface area (Å²) in [7, 11) is 0. The normalized spacial score (nSPS) is 10.6. The number of nitrogens with two attached hydrogens (primary N) is 1. The van der Waals surface area contributed by atoms with E-state index in [2.05, 4.69) is 0 Å². The van der Waals surface area contributed by atoms with E-state index < -0.39 is 0 Å². The van der Waals surface area contributed by atoms with Gasteiger partial charge in [0.1, 0.15) is 5.75 Å². The highest BCUT2D eigenvalue weighted by Crippen LogP contribution is 2.16. The van der Waals surface area contributed by atoms with Gasteiger partial charge in [-0.25, -0.2) is 0 Å². The number of aryl methyl sites for hydroxylation is 1. The van der Waals surface area contributed by atoms with Crippen LogP contribution in [0.15, 0.2) is 48.5 Å². The Kier molecular flexibility index (Phi) is 4.99. The predicted octanol–water partition coefficient (Wildman–Crippen LogP) is 3.87. The molecule has 2 aromatic carbocycles. The first-order valence-electron chi connectivity index (χ1n) is 7.19. The van der Waals surface area contributed by atoms with E-state index in [0.29, 0.717) is 12.8 Å². The maximum absolute atomic E-state index is 12.2. The van der Waals surface area contributed by atoms with Gasteiger partial charge >= 0.3 is 0 Å². The quantitative estimate of drug-likeness (QED) is 0.646. The largest absolute Gasteiger partial charge is 0.491 e. The van der Waals surface area contributed by atoms with Gasteiger partial charge in [0.25, 0.3) is 0 Å². The third-order valence-corrected chi connectivity index (χ3v) is 3.14. The van der Waals surface area contributed by atoms with E-state index in [1.54, 1.807) is 0 Å².